The van der Waals surface area contributed by atoms with Crippen molar-refractivity contribution in [2.24, 2.45) is 11.7 Å². The fourth-order valence-corrected chi connectivity index (χ4v) is 3.59. The van der Waals surface area contributed by atoms with E-state index in [2.05, 4.69) is 35.6 Å². The third kappa shape index (κ3) is 5.32. The van der Waals surface area contributed by atoms with Gasteiger partial charge in [-0.25, -0.2) is 0 Å². The summed E-state index contributed by atoms with van der Waals surface area (Å²) in [6.45, 7) is 0.501. The molecule has 1 aliphatic carbocycles. The molecule has 1 saturated carbocycles. The van der Waals surface area contributed by atoms with Gasteiger partial charge in [0.25, 0.3) is 0 Å². The van der Waals surface area contributed by atoms with Crippen LogP contribution >= 0.6 is 12.4 Å². The summed E-state index contributed by atoms with van der Waals surface area (Å²) in [5.74, 6) is 0.891. The van der Waals surface area contributed by atoms with Crippen LogP contribution < -0.4 is 11.1 Å². The number of hydrogen-bond acceptors (Lipinski definition) is 2. The van der Waals surface area contributed by atoms with Gasteiger partial charge in [-0.15, -0.1) is 12.4 Å². The number of rotatable bonds is 5. The van der Waals surface area contributed by atoms with E-state index in [0.717, 1.165) is 31.2 Å². The maximum absolute atomic E-state index is 12.4. The van der Waals surface area contributed by atoms with Gasteiger partial charge < -0.3 is 11.1 Å². The van der Waals surface area contributed by atoms with Crippen LogP contribution in [0.25, 0.3) is 0 Å². The van der Waals surface area contributed by atoms with Crippen molar-refractivity contribution in [3.8, 4) is 0 Å². The standard InChI is InChI=1S/C21H26N2O.ClH/c22-20(18-9-5-2-6-10-18)15-23-21(24)19-13-11-17(12-14-19)16-7-3-1-4-8-16;/h1-10,17,19-20H,11-15,22H2,(H,23,24);1H. The van der Waals surface area contributed by atoms with Crippen molar-refractivity contribution < 1.29 is 4.79 Å². The van der Waals surface area contributed by atoms with Gasteiger partial charge in [-0.2, -0.15) is 0 Å². The fourth-order valence-electron chi connectivity index (χ4n) is 3.59. The first-order valence-corrected chi connectivity index (χ1v) is 8.87. The summed E-state index contributed by atoms with van der Waals surface area (Å²) >= 11 is 0. The summed E-state index contributed by atoms with van der Waals surface area (Å²) < 4.78 is 0. The number of amides is 1. The molecule has 0 bridgehead atoms. The molecule has 1 fully saturated rings. The summed E-state index contributed by atoms with van der Waals surface area (Å²) in [4.78, 5) is 12.4. The normalized spacial score (nSPS) is 21.0. The molecule has 3 N–H and O–H groups in total. The van der Waals surface area contributed by atoms with Gasteiger partial charge in [0.1, 0.15) is 0 Å². The molecule has 1 atom stereocenters. The van der Waals surface area contributed by atoms with E-state index in [-0.39, 0.29) is 30.3 Å². The van der Waals surface area contributed by atoms with E-state index in [1.165, 1.54) is 5.56 Å². The number of nitrogens with two attached hydrogens (primary N) is 1. The summed E-state index contributed by atoms with van der Waals surface area (Å²) in [5.41, 5.74) is 8.62. The average molecular weight is 359 g/mol. The van der Waals surface area contributed by atoms with Crippen LogP contribution in [0.2, 0.25) is 0 Å². The van der Waals surface area contributed by atoms with Crippen molar-refractivity contribution in [1.29, 1.82) is 0 Å². The lowest BCUT2D eigenvalue weighted by atomic mass is 9.78. The molecule has 0 saturated heterocycles. The number of halogens is 1. The van der Waals surface area contributed by atoms with Crippen molar-refractivity contribution in [3.63, 3.8) is 0 Å². The molecule has 0 heterocycles. The first-order valence-electron chi connectivity index (χ1n) is 8.87. The number of hydrogen-bond donors (Lipinski definition) is 2. The van der Waals surface area contributed by atoms with Crippen LogP contribution in [-0.4, -0.2) is 12.5 Å². The van der Waals surface area contributed by atoms with Crippen LogP contribution in [0.5, 0.6) is 0 Å². The summed E-state index contributed by atoms with van der Waals surface area (Å²) in [6.07, 6.45) is 4.11. The van der Waals surface area contributed by atoms with E-state index in [0.29, 0.717) is 12.5 Å². The molecule has 1 amide bonds. The van der Waals surface area contributed by atoms with Crippen LogP contribution in [0, 0.1) is 5.92 Å². The zero-order valence-corrected chi connectivity index (χ0v) is 15.3. The van der Waals surface area contributed by atoms with Gasteiger partial charge in [-0.1, -0.05) is 60.7 Å². The van der Waals surface area contributed by atoms with E-state index in [1.54, 1.807) is 0 Å². The molecule has 2 aromatic carbocycles. The molecule has 134 valence electrons. The second-order valence-corrected chi connectivity index (χ2v) is 6.72. The Morgan fingerprint density at radius 2 is 1.52 bits per heavy atom. The highest BCUT2D eigenvalue weighted by Crippen LogP contribution is 2.35. The topological polar surface area (TPSA) is 55.1 Å². The SMILES string of the molecule is Cl.NC(CNC(=O)C1CCC(c2ccccc2)CC1)c1ccccc1. The molecule has 3 nitrogen and oxygen atoms in total. The molecule has 25 heavy (non-hydrogen) atoms. The predicted octanol–water partition coefficient (Wildman–Crippen LogP) is 4.20. The van der Waals surface area contributed by atoms with Crippen LogP contribution in [-0.2, 0) is 4.79 Å². The Bertz CT molecular complexity index is 639. The number of carbonyl (C=O) groups excluding carboxylic acids is 1. The summed E-state index contributed by atoms with van der Waals surface area (Å²) in [5, 5.41) is 3.04. The van der Waals surface area contributed by atoms with E-state index in [4.69, 9.17) is 5.73 Å². The average Bonchev–Trinajstić information content (AvgIpc) is 2.67. The molecular formula is C21H27ClN2O. The minimum atomic E-state index is -0.143. The van der Waals surface area contributed by atoms with Crippen LogP contribution in [0.4, 0.5) is 0 Å². The molecule has 2 aromatic rings. The highest BCUT2D eigenvalue weighted by atomic mass is 35.5. The Balaban J connectivity index is 0.00000225. The van der Waals surface area contributed by atoms with Crippen molar-refractivity contribution in [3.05, 3.63) is 71.8 Å². The molecule has 0 aromatic heterocycles. The third-order valence-electron chi connectivity index (χ3n) is 5.09. The molecular weight excluding hydrogens is 332 g/mol. The van der Waals surface area contributed by atoms with Gasteiger partial charge in [0, 0.05) is 18.5 Å². The smallest absolute Gasteiger partial charge is 0.223 e. The molecule has 3 rings (SSSR count). The lowest BCUT2D eigenvalue weighted by Crippen LogP contribution is -2.37. The Morgan fingerprint density at radius 1 is 0.960 bits per heavy atom. The number of nitrogens with one attached hydrogen (secondary N) is 1. The minimum Gasteiger partial charge on any atom is -0.354 e. The maximum atomic E-state index is 12.4. The largest absolute Gasteiger partial charge is 0.354 e. The molecule has 0 spiro atoms. The van der Waals surface area contributed by atoms with E-state index in [9.17, 15) is 4.79 Å². The second kappa shape index (κ2) is 9.59. The predicted molar refractivity (Wildman–Crippen MR) is 105 cm³/mol. The Hall–Kier alpha value is -1.84. The molecule has 0 aliphatic heterocycles. The molecule has 1 unspecified atom stereocenters. The van der Waals surface area contributed by atoms with Crippen molar-refractivity contribution in [2.45, 2.75) is 37.6 Å². The number of benzene rings is 2. The monoisotopic (exact) mass is 358 g/mol. The maximum Gasteiger partial charge on any atom is 0.223 e. The van der Waals surface area contributed by atoms with Gasteiger partial charge in [0.2, 0.25) is 5.91 Å². The van der Waals surface area contributed by atoms with E-state index >= 15 is 0 Å². The summed E-state index contributed by atoms with van der Waals surface area (Å²) in [6, 6.07) is 20.4. The molecule has 0 radical (unpaired) electrons. The third-order valence-corrected chi connectivity index (χ3v) is 5.09. The van der Waals surface area contributed by atoms with Crippen LogP contribution in [0.15, 0.2) is 60.7 Å². The first kappa shape index (κ1) is 19.5. The van der Waals surface area contributed by atoms with Crippen LogP contribution in [0.1, 0.15) is 48.8 Å². The zero-order chi connectivity index (χ0) is 16.8. The second-order valence-electron chi connectivity index (χ2n) is 6.72. The Morgan fingerprint density at radius 3 is 2.12 bits per heavy atom. The lowest BCUT2D eigenvalue weighted by molar-refractivity contribution is -0.126. The fraction of sp³-hybridized carbons (Fsp3) is 0.381. The van der Waals surface area contributed by atoms with Gasteiger partial charge in [0.05, 0.1) is 0 Å². The van der Waals surface area contributed by atoms with E-state index in [1.807, 2.05) is 30.3 Å². The minimum absolute atomic E-state index is 0. The van der Waals surface area contributed by atoms with Crippen molar-refractivity contribution in [1.82, 2.24) is 5.32 Å². The highest BCUT2D eigenvalue weighted by molar-refractivity contribution is 5.85. The van der Waals surface area contributed by atoms with Crippen molar-refractivity contribution in [2.75, 3.05) is 6.54 Å². The quantitative estimate of drug-likeness (QED) is 0.841. The van der Waals surface area contributed by atoms with Gasteiger partial charge in [0.15, 0.2) is 0 Å². The van der Waals surface area contributed by atoms with Gasteiger partial charge in [-0.3, -0.25) is 4.79 Å². The molecule has 4 heteroatoms. The van der Waals surface area contributed by atoms with Gasteiger partial charge >= 0.3 is 0 Å². The first-order chi connectivity index (χ1) is 11.7. The lowest BCUT2D eigenvalue weighted by Gasteiger charge is -2.28. The Kier molecular flexibility index (Phi) is 7.48. The number of carbonyl (C=O) groups is 1. The van der Waals surface area contributed by atoms with Crippen molar-refractivity contribution >= 4 is 18.3 Å². The Labute approximate surface area is 156 Å². The zero-order valence-electron chi connectivity index (χ0n) is 14.4. The summed E-state index contributed by atoms with van der Waals surface area (Å²) in [7, 11) is 0. The highest BCUT2D eigenvalue weighted by Gasteiger charge is 2.27. The molecule has 1 aliphatic rings. The van der Waals surface area contributed by atoms with Gasteiger partial charge in [-0.05, 0) is 42.7 Å². The van der Waals surface area contributed by atoms with E-state index < -0.39 is 0 Å². The van der Waals surface area contributed by atoms with Crippen LogP contribution in [0.3, 0.4) is 0 Å².